The average Bonchev–Trinajstić information content (AvgIpc) is 2.85. The topological polar surface area (TPSA) is 74.2 Å². The van der Waals surface area contributed by atoms with E-state index in [-0.39, 0.29) is 5.91 Å². The molecule has 0 atom stereocenters. The highest BCUT2D eigenvalue weighted by molar-refractivity contribution is 5.98. The van der Waals surface area contributed by atoms with Gasteiger partial charge in [-0.25, -0.2) is 4.98 Å². The number of fused-ring (bicyclic) bond motifs is 1. The average molecular weight is 425 g/mol. The van der Waals surface area contributed by atoms with Gasteiger partial charge in [-0.15, -0.1) is 10.2 Å². The summed E-state index contributed by atoms with van der Waals surface area (Å²) in [5.41, 5.74) is 1.84. The van der Waals surface area contributed by atoms with Gasteiger partial charge in [-0.2, -0.15) is 0 Å². The van der Waals surface area contributed by atoms with Gasteiger partial charge in [0.1, 0.15) is 5.82 Å². The second kappa shape index (κ2) is 8.63. The second-order valence-electron chi connectivity index (χ2n) is 7.96. The Morgan fingerprint density at radius 1 is 0.844 bits per heavy atom. The number of hydrogen-bond acceptors (Lipinski definition) is 6. The molecule has 1 aliphatic heterocycles. The van der Waals surface area contributed by atoms with Crippen molar-refractivity contribution in [2.24, 2.45) is 0 Å². The summed E-state index contributed by atoms with van der Waals surface area (Å²) in [6.07, 6.45) is 1.81. The molecule has 32 heavy (non-hydrogen) atoms. The molecule has 0 aliphatic carbocycles. The van der Waals surface area contributed by atoms with Gasteiger partial charge >= 0.3 is 0 Å². The van der Waals surface area contributed by atoms with Crippen molar-refractivity contribution in [1.29, 1.82) is 0 Å². The standard InChI is InChI=1S/C25H24N6O/c1-18-6-9-22(26-17-18)27-23-10-11-24(29-28-23)30-12-14-31(15-13-30)25(32)21-8-7-19-4-2-3-5-20(19)16-21/h2-11,16-17H,12-15H2,1H3,(H,26,27,28). The van der Waals surface area contributed by atoms with E-state index in [0.29, 0.717) is 18.9 Å². The van der Waals surface area contributed by atoms with Crippen molar-refractivity contribution >= 4 is 34.1 Å². The molecule has 1 N–H and O–H groups in total. The van der Waals surface area contributed by atoms with E-state index in [1.165, 1.54) is 0 Å². The molecule has 0 unspecified atom stereocenters. The van der Waals surface area contributed by atoms with E-state index in [0.717, 1.165) is 46.6 Å². The molecule has 160 valence electrons. The summed E-state index contributed by atoms with van der Waals surface area (Å²) in [5, 5.41) is 14.0. The first-order chi connectivity index (χ1) is 15.7. The number of nitrogens with one attached hydrogen (secondary N) is 1. The minimum Gasteiger partial charge on any atom is -0.352 e. The van der Waals surface area contributed by atoms with Crippen molar-refractivity contribution in [3.05, 3.63) is 84.1 Å². The number of benzene rings is 2. The molecule has 1 amide bonds. The largest absolute Gasteiger partial charge is 0.352 e. The van der Waals surface area contributed by atoms with Crippen molar-refractivity contribution in [2.75, 3.05) is 36.4 Å². The smallest absolute Gasteiger partial charge is 0.253 e. The van der Waals surface area contributed by atoms with Crippen LogP contribution in [0.1, 0.15) is 15.9 Å². The quantitative estimate of drug-likeness (QED) is 0.533. The first kappa shape index (κ1) is 19.9. The Hall–Kier alpha value is -4.00. The van der Waals surface area contributed by atoms with E-state index in [9.17, 15) is 4.79 Å². The molecule has 1 fully saturated rings. The van der Waals surface area contributed by atoms with Gasteiger partial charge in [0.25, 0.3) is 5.91 Å². The number of pyridine rings is 1. The summed E-state index contributed by atoms with van der Waals surface area (Å²) >= 11 is 0. The van der Waals surface area contributed by atoms with Crippen molar-refractivity contribution < 1.29 is 4.79 Å². The van der Waals surface area contributed by atoms with Crippen molar-refractivity contribution in [3.8, 4) is 0 Å². The molecule has 0 bridgehead atoms. The minimum atomic E-state index is 0.0756. The molecule has 1 saturated heterocycles. The van der Waals surface area contributed by atoms with Crippen LogP contribution in [0.3, 0.4) is 0 Å². The molecule has 4 aromatic rings. The lowest BCUT2D eigenvalue weighted by atomic mass is 10.1. The first-order valence-electron chi connectivity index (χ1n) is 10.7. The molecule has 2 aromatic carbocycles. The predicted octanol–water partition coefficient (Wildman–Crippen LogP) is 4.04. The monoisotopic (exact) mass is 424 g/mol. The Labute approximate surface area is 186 Å². The number of aryl methyl sites for hydroxylation is 1. The van der Waals surface area contributed by atoms with Gasteiger partial charge in [0, 0.05) is 37.9 Å². The molecule has 1 aliphatic rings. The van der Waals surface area contributed by atoms with E-state index < -0.39 is 0 Å². The fraction of sp³-hybridized carbons (Fsp3) is 0.200. The zero-order valence-corrected chi connectivity index (χ0v) is 17.9. The lowest BCUT2D eigenvalue weighted by Gasteiger charge is -2.35. The number of aromatic nitrogens is 3. The third-order valence-electron chi connectivity index (χ3n) is 5.71. The van der Waals surface area contributed by atoms with Crippen molar-refractivity contribution in [3.63, 3.8) is 0 Å². The number of piperazine rings is 1. The predicted molar refractivity (Wildman–Crippen MR) is 126 cm³/mol. The molecule has 3 heterocycles. The van der Waals surface area contributed by atoms with Gasteiger partial charge in [0.05, 0.1) is 0 Å². The molecule has 5 rings (SSSR count). The van der Waals surface area contributed by atoms with Gasteiger partial charge in [0.2, 0.25) is 0 Å². The Bertz CT molecular complexity index is 1230. The SMILES string of the molecule is Cc1ccc(Nc2ccc(N3CCN(C(=O)c4ccc5ccccc5c4)CC3)nn2)nc1. The molecule has 2 aromatic heterocycles. The van der Waals surface area contributed by atoms with Crippen LogP contribution in [0, 0.1) is 6.92 Å². The third-order valence-corrected chi connectivity index (χ3v) is 5.71. The summed E-state index contributed by atoms with van der Waals surface area (Å²) in [5.74, 6) is 2.27. The first-order valence-corrected chi connectivity index (χ1v) is 10.7. The van der Waals surface area contributed by atoms with Crippen LogP contribution in [0.2, 0.25) is 0 Å². The fourth-order valence-corrected chi connectivity index (χ4v) is 3.88. The van der Waals surface area contributed by atoms with Crippen LogP contribution in [-0.2, 0) is 0 Å². The third kappa shape index (κ3) is 4.23. The van der Waals surface area contributed by atoms with Crippen molar-refractivity contribution in [1.82, 2.24) is 20.1 Å². The van der Waals surface area contributed by atoms with Crippen LogP contribution in [0.4, 0.5) is 17.5 Å². The lowest BCUT2D eigenvalue weighted by Crippen LogP contribution is -2.49. The Morgan fingerprint density at radius 2 is 1.62 bits per heavy atom. The van der Waals surface area contributed by atoms with Crippen LogP contribution >= 0.6 is 0 Å². The molecule has 7 nitrogen and oxygen atoms in total. The molecule has 7 heteroatoms. The molecule has 0 spiro atoms. The van der Waals surface area contributed by atoms with Crippen LogP contribution in [0.25, 0.3) is 10.8 Å². The fourth-order valence-electron chi connectivity index (χ4n) is 3.88. The van der Waals surface area contributed by atoms with Crippen LogP contribution in [0.15, 0.2) is 72.9 Å². The molecule has 0 radical (unpaired) electrons. The number of carbonyl (C=O) groups excluding carboxylic acids is 1. The normalized spacial score (nSPS) is 13.9. The number of carbonyl (C=O) groups is 1. The number of amides is 1. The summed E-state index contributed by atoms with van der Waals surface area (Å²) in [6, 6.07) is 21.8. The highest BCUT2D eigenvalue weighted by atomic mass is 16.2. The Morgan fingerprint density at radius 3 is 2.34 bits per heavy atom. The van der Waals surface area contributed by atoms with Crippen LogP contribution in [-0.4, -0.2) is 52.2 Å². The number of nitrogens with zero attached hydrogens (tertiary/aromatic N) is 5. The van der Waals surface area contributed by atoms with E-state index >= 15 is 0 Å². The van der Waals surface area contributed by atoms with E-state index in [1.54, 1.807) is 0 Å². The molecular weight excluding hydrogens is 400 g/mol. The Balaban J connectivity index is 1.20. The van der Waals surface area contributed by atoms with Crippen molar-refractivity contribution in [2.45, 2.75) is 6.92 Å². The van der Waals surface area contributed by atoms with Gasteiger partial charge in [-0.1, -0.05) is 36.4 Å². The van der Waals surface area contributed by atoms with Gasteiger partial charge < -0.3 is 15.1 Å². The Kier molecular flexibility index (Phi) is 5.37. The van der Waals surface area contributed by atoms with E-state index in [1.807, 2.05) is 78.7 Å². The maximum absolute atomic E-state index is 13.0. The van der Waals surface area contributed by atoms with Crippen LogP contribution in [0.5, 0.6) is 0 Å². The van der Waals surface area contributed by atoms with Crippen LogP contribution < -0.4 is 10.2 Å². The minimum absolute atomic E-state index is 0.0756. The maximum atomic E-state index is 13.0. The van der Waals surface area contributed by atoms with Gasteiger partial charge in [0.15, 0.2) is 11.6 Å². The number of hydrogen-bond donors (Lipinski definition) is 1. The van der Waals surface area contributed by atoms with E-state index in [4.69, 9.17) is 0 Å². The summed E-state index contributed by atoms with van der Waals surface area (Å²) in [6.45, 7) is 4.75. The summed E-state index contributed by atoms with van der Waals surface area (Å²) in [4.78, 5) is 21.4. The highest BCUT2D eigenvalue weighted by Gasteiger charge is 2.23. The lowest BCUT2D eigenvalue weighted by molar-refractivity contribution is 0.0746. The number of rotatable bonds is 4. The second-order valence-corrected chi connectivity index (χ2v) is 7.96. The zero-order chi connectivity index (χ0) is 21.9. The zero-order valence-electron chi connectivity index (χ0n) is 17.9. The van der Waals surface area contributed by atoms with Gasteiger partial charge in [-0.05, 0) is 53.6 Å². The highest BCUT2D eigenvalue weighted by Crippen LogP contribution is 2.20. The number of anilines is 3. The summed E-state index contributed by atoms with van der Waals surface area (Å²) in [7, 11) is 0. The molecular formula is C25H24N6O. The van der Waals surface area contributed by atoms with Gasteiger partial charge in [-0.3, -0.25) is 4.79 Å². The summed E-state index contributed by atoms with van der Waals surface area (Å²) < 4.78 is 0. The molecule has 0 saturated carbocycles. The van der Waals surface area contributed by atoms with E-state index in [2.05, 4.69) is 31.5 Å². The maximum Gasteiger partial charge on any atom is 0.253 e.